The summed E-state index contributed by atoms with van der Waals surface area (Å²) in [5.74, 6) is -1.33. The smallest absolute Gasteiger partial charge is 0.339 e. The number of esters is 1. The van der Waals surface area contributed by atoms with Gasteiger partial charge in [-0.3, -0.25) is 4.21 Å². The summed E-state index contributed by atoms with van der Waals surface area (Å²) in [6.45, 7) is 0. The van der Waals surface area contributed by atoms with Gasteiger partial charge < -0.3 is 9.29 Å². The van der Waals surface area contributed by atoms with Crippen LogP contribution in [0, 0.1) is 0 Å². The number of halogens is 1. The number of rotatable bonds is 3. The molecule has 1 aromatic rings. The summed E-state index contributed by atoms with van der Waals surface area (Å²) in [6, 6.07) is 5.95. The molecule has 6 heteroatoms. The molecule has 0 bridgehead atoms. The molecule has 76 valence electrons. The third-order valence-electron chi connectivity index (χ3n) is 1.37. The van der Waals surface area contributed by atoms with Gasteiger partial charge >= 0.3 is 5.97 Å². The maximum Gasteiger partial charge on any atom is 0.339 e. The van der Waals surface area contributed by atoms with Crippen molar-refractivity contribution < 1.29 is 18.3 Å². The lowest BCUT2D eigenvalue weighted by molar-refractivity contribution is 0.0570. The molecule has 0 heterocycles. The van der Waals surface area contributed by atoms with E-state index in [2.05, 4.69) is 4.74 Å². The van der Waals surface area contributed by atoms with Crippen LogP contribution in [0.1, 0.15) is 10.4 Å². The van der Waals surface area contributed by atoms with Gasteiger partial charge in [0.05, 0.1) is 5.56 Å². The minimum Gasteiger partial charge on any atom is -0.770 e. The third-order valence-corrected chi connectivity index (χ3v) is 1.93. The molecule has 0 aromatic heterocycles. The molecular formula is C8H6ClO4S-. The van der Waals surface area contributed by atoms with E-state index in [1.807, 2.05) is 0 Å². The fraction of sp³-hybridized carbons (Fsp3) is 0.125. The van der Waals surface area contributed by atoms with E-state index in [0.29, 0.717) is 5.02 Å². The number of carbonyl (C=O) groups excluding carboxylic acids is 1. The quantitative estimate of drug-likeness (QED) is 0.584. The van der Waals surface area contributed by atoms with Crippen molar-refractivity contribution in [2.75, 3.05) is 5.94 Å². The zero-order valence-corrected chi connectivity index (χ0v) is 8.51. The molecule has 1 atom stereocenters. The standard InChI is InChI=1S/C8H7ClO4S/c9-7-3-1-6(2-4-7)8(10)13-5-14(11)12/h1-4H,5H2,(H,11,12)/p-1. The highest BCUT2D eigenvalue weighted by atomic mass is 35.5. The Morgan fingerprint density at radius 3 is 2.50 bits per heavy atom. The second kappa shape index (κ2) is 5.09. The van der Waals surface area contributed by atoms with Gasteiger partial charge in [0.2, 0.25) is 0 Å². The zero-order chi connectivity index (χ0) is 10.6. The second-order valence-electron chi connectivity index (χ2n) is 2.36. The molecule has 14 heavy (non-hydrogen) atoms. The van der Waals surface area contributed by atoms with E-state index < -0.39 is 23.0 Å². The molecule has 0 saturated heterocycles. The van der Waals surface area contributed by atoms with Gasteiger partial charge in [-0.15, -0.1) is 0 Å². The Morgan fingerprint density at radius 1 is 1.43 bits per heavy atom. The van der Waals surface area contributed by atoms with Crippen molar-refractivity contribution in [1.82, 2.24) is 0 Å². The number of ether oxygens (including phenoxy) is 1. The van der Waals surface area contributed by atoms with Crippen LogP contribution in [0.4, 0.5) is 0 Å². The van der Waals surface area contributed by atoms with Crippen molar-refractivity contribution in [2.45, 2.75) is 0 Å². The van der Waals surface area contributed by atoms with Gasteiger partial charge in [0.15, 0.2) is 5.94 Å². The van der Waals surface area contributed by atoms with E-state index in [0.717, 1.165) is 0 Å². The molecule has 0 aliphatic carbocycles. The van der Waals surface area contributed by atoms with E-state index in [-0.39, 0.29) is 5.56 Å². The first-order valence-corrected chi connectivity index (χ1v) is 5.20. The minimum atomic E-state index is -2.38. The Bertz CT molecular complexity index is 349. The lowest BCUT2D eigenvalue weighted by Crippen LogP contribution is -2.09. The predicted molar refractivity (Wildman–Crippen MR) is 50.7 cm³/mol. The Labute approximate surface area is 88.1 Å². The molecule has 0 aliphatic rings. The first-order valence-electron chi connectivity index (χ1n) is 3.58. The molecule has 1 aromatic carbocycles. The van der Waals surface area contributed by atoms with Crippen molar-refractivity contribution in [3.63, 3.8) is 0 Å². The van der Waals surface area contributed by atoms with E-state index in [1.165, 1.54) is 24.3 Å². The van der Waals surface area contributed by atoms with Crippen molar-refractivity contribution in [3.05, 3.63) is 34.9 Å². The molecule has 0 spiro atoms. The molecule has 1 rings (SSSR count). The van der Waals surface area contributed by atoms with Gasteiger partial charge in [0.25, 0.3) is 0 Å². The highest BCUT2D eigenvalue weighted by molar-refractivity contribution is 7.78. The largest absolute Gasteiger partial charge is 0.770 e. The molecule has 0 radical (unpaired) electrons. The molecule has 1 unspecified atom stereocenters. The number of carbonyl (C=O) groups is 1. The van der Waals surface area contributed by atoms with Gasteiger partial charge in [-0.1, -0.05) is 11.6 Å². The molecule has 0 fully saturated rings. The van der Waals surface area contributed by atoms with Crippen LogP contribution in [0.2, 0.25) is 5.02 Å². The average molecular weight is 234 g/mol. The van der Waals surface area contributed by atoms with E-state index in [4.69, 9.17) is 11.6 Å². The molecule has 4 nitrogen and oxygen atoms in total. The number of hydrogen-bond acceptors (Lipinski definition) is 4. The monoisotopic (exact) mass is 233 g/mol. The van der Waals surface area contributed by atoms with Gasteiger partial charge in [0.1, 0.15) is 0 Å². The zero-order valence-electron chi connectivity index (χ0n) is 6.94. The first kappa shape index (κ1) is 11.2. The van der Waals surface area contributed by atoms with Crippen molar-refractivity contribution in [1.29, 1.82) is 0 Å². The first-order chi connectivity index (χ1) is 6.59. The summed E-state index contributed by atoms with van der Waals surface area (Å²) in [4.78, 5) is 11.1. The number of hydrogen-bond donors (Lipinski definition) is 0. The summed E-state index contributed by atoms with van der Waals surface area (Å²) in [7, 11) is 0. The van der Waals surface area contributed by atoms with Crippen LogP contribution in [-0.2, 0) is 15.8 Å². The molecular weight excluding hydrogens is 228 g/mol. The summed E-state index contributed by atoms with van der Waals surface area (Å²) in [5.41, 5.74) is 0.264. The predicted octanol–water partition coefficient (Wildman–Crippen LogP) is 1.33. The van der Waals surface area contributed by atoms with Crippen LogP contribution in [0.15, 0.2) is 24.3 Å². The van der Waals surface area contributed by atoms with Crippen molar-refractivity contribution in [2.24, 2.45) is 0 Å². The molecule has 0 N–H and O–H groups in total. The van der Waals surface area contributed by atoms with Crippen molar-refractivity contribution >= 4 is 28.7 Å². The van der Waals surface area contributed by atoms with Crippen LogP contribution >= 0.6 is 11.6 Å². The maximum absolute atomic E-state index is 11.1. The van der Waals surface area contributed by atoms with E-state index >= 15 is 0 Å². The fourth-order valence-corrected chi connectivity index (χ4v) is 1.10. The molecule has 0 aliphatic heterocycles. The van der Waals surface area contributed by atoms with Crippen LogP contribution in [0.5, 0.6) is 0 Å². The SMILES string of the molecule is O=C(OCS(=O)[O-])c1ccc(Cl)cc1. The third kappa shape index (κ3) is 3.45. The van der Waals surface area contributed by atoms with Crippen LogP contribution < -0.4 is 0 Å². The van der Waals surface area contributed by atoms with Gasteiger partial charge in [0, 0.05) is 5.02 Å². The second-order valence-corrected chi connectivity index (χ2v) is 3.64. The van der Waals surface area contributed by atoms with Crippen LogP contribution in [-0.4, -0.2) is 20.7 Å². The summed E-state index contributed by atoms with van der Waals surface area (Å²) in [6.07, 6.45) is 0. The maximum atomic E-state index is 11.1. The average Bonchev–Trinajstić information content (AvgIpc) is 2.15. The fourth-order valence-electron chi connectivity index (χ4n) is 0.771. The summed E-state index contributed by atoms with van der Waals surface area (Å²) >= 11 is 3.21. The topological polar surface area (TPSA) is 66.4 Å². The Kier molecular flexibility index (Phi) is 4.06. The Hall–Kier alpha value is -0.910. The number of benzene rings is 1. The lowest BCUT2D eigenvalue weighted by atomic mass is 10.2. The van der Waals surface area contributed by atoms with Crippen molar-refractivity contribution in [3.8, 4) is 0 Å². The lowest BCUT2D eigenvalue weighted by Gasteiger charge is -2.06. The van der Waals surface area contributed by atoms with Crippen LogP contribution in [0.3, 0.4) is 0 Å². The molecule has 0 saturated carbocycles. The van der Waals surface area contributed by atoms with E-state index in [9.17, 15) is 13.6 Å². The minimum absolute atomic E-state index is 0.264. The van der Waals surface area contributed by atoms with Gasteiger partial charge in [-0.2, -0.15) is 0 Å². The highest BCUT2D eigenvalue weighted by Crippen LogP contribution is 2.10. The Morgan fingerprint density at radius 2 is 2.00 bits per heavy atom. The highest BCUT2D eigenvalue weighted by Gasteiger charge is 2.05. The van der Waals surface area contributed by atoms with Gasteiger partial charge in [-0.05, 0) is 35.3 Å². The molecule has 0 amide bonds. The van der Waals surface area contributed by atoms with Gasteiger partial charge in [-0.25, -0.2) is 4.79 Å². The Balaban J connectivity index is 2.61. The summed E-state index contributed by atoms with van der Waals surface area (Å²) < 4.78 is 24.6. The normalized spacial score (nSPS) is 12.1. The van der Waals surface area contributed by atoms with E-state index in [1.54, 1.807) is 0 Å². The summed E-state index contributed by atoms with van der Waals surface area (Å²) in [5, 5.41) is 0.494. The van der Waals surface area contributed by atoms with Crippen LogP contribution in [0.25, 0.3) is 0 Å².